The molecule has 0 saturated carbocycles. The molecule has 0 saturated heterocycles. The molecule has 0 aliphatic heterocycles. The molecule has 0 radical (unpaired) electrons. The first-order valence-corrected chi connectivity index (χ1v) is 12.1. The fourth-order valence-corrected chi connectivity index (χ4v) is 3.76. The van der Waals surface area contributed by atoms with Gasteiger partial charge < -0.3 is 0 Å². The van der Waals surface area contributed by atoms with E-state index < -0.39 is 0 Å². The molecule has 0 atom stereocenters. The Bertz CT molecular complexity index is 1050. The third-order valence-corrected chi connectivity index (χ3v) is 5.95. The number of allylic oxidation sites excluding steroid dienone is 2. The molecule has 0 nitrogen and oxygen atoms in total. The number of aryl methyl sites for hydroxylation is 4. The minimum absolute atomic E-state index is 1.05. The van der Waals surface area contributed by atoms with Gasteiger partial charge >= 0.3 is 0 Å². The maximum atomic E-state index is 3.75. The molecule has 4 rings (SSSR count). The van der Waals surface area contributed by atoms with Gasteiger partial charge in [0.1, 0.15) is 0 Å². The second-order valence-electron chi connectivity index (χ2n) is 8.78. The van der Waals surface area contributed by atoms with Crippen LogP contribution in [0.2, 0.25) is 0 Å². The van der Waals surface area contributed by atoms with Crippen molar-refractivity contribution in [3.8, 4) is 22.3 Å². The Balaban J connectivity index is 0.000000191. The van der Waals surface area contributed by atoms with Gasteiger partial charge in [-0.1, -0.05) is 120 Å². The quantitative estimate of drug-likeness (QED) is 0.237. The van der Waals surface area contributed by atoms with Gasteiger partial charge in [-0.3, -0.25) is 0 Å². The Labute approximate surface area is 206 Å². The molecule has 34 heavy (non-hydrogen) atoms. The Morgan fingerprint density at radius 2 is 0.706 bits per heavy atom. The molecule has 0 aliphatic rings. The maximum Gasteiger partial charge on any atom is -0.0184 e. The minimum Gasteiger partial charge on any atom is -0.103 e. The third kappa shape index (κ3) is 7.74. The summed E-state index contributed by atoms with van der Waals surface area (Å²) in [6.07, 6.45) is 8.19. The number of benzene rings is 4. The highest BCUT2D eigenvalue weighted by Crippen LogP contribution is 2.21. The van der Waals surface area contributed by atoms with Crippen LogP contribution in [0.5, 0.6) is 0 Å². The van der Waals surface area contributed by atoms with Gasteiger partial charge in [0.15, 0.2) is 0 Å². The molecule has 4 aromatic carbocycles. The highest BCUT2D eigenvalue weighted by Gasteiger charge is 1.99. The first kappa shape index (κ1) is 25.0. The maximum absolute atomic E-state index is 3.75. The Morgan fingerprint density at radius 1 is 0.441 bits per heavy atom. The fraction of sp³-hybridized carbons (Fsp3) is 0.176. The van der Waals surface area contributed by atoms with Gasteiger partial charge in [-0.05, 0) is 72.9 Å². The van der Waals surface area contributed by atoms with Crippen molar-refractivity contribution in [1.29, 1.82) is 0 Å². The molecule has 0 heterocycles. The van der Waals surface area contributed by atoms with Crippen LogP contribution in [0.1, 0.15) is 35.1 Å². The lowest BCUT2D eigenvalue weighted by atomic mass is 10.0. The largest absolute Gasteiger partial charge is 0.103 e. The average molecular weight is 445 g/mol. The van der Waals surface area contributed by atoms with Crippen LogP contribution in [-0.4, -0.2) is 0 Å². The molecule has 0 unspecified atom stereocenters. The van der Waals surface area contributed by atoms with Crippen molar-refractivity contribution < 1.29 is 0 Å². The highest BCUT2D eigenvalue weighted by molar-refractivity contribution is 5.64. The van der Waals surface area contributed by atoms with Gasteiger partial charge in [-0.2, -0.15) is 0 Å². The lowest BCUT2D eigenvalue weighted by molar-refractivity contribution is 1.00. The zero-order valence-corrected chi connectivity index (χ0v) is 20.6. The molecule has 0 bridgehead atoms. The number of hydrogen-bond donors (Lipinski definition) is 0. The SMILES string of the molecule is C=CCCc1ccc(-c2ccc(C)cc2)cc1.C=CCCc1ccc(-c2ccc(C)cc2)cc1. The second-order valence-corrected chi connectivity index (χ2v) is 8.78. The molecule has 0 aliphatic carbocycles. The van der Waals surface area contributed by atoms with Crippen molar-refractivity contribution in [3.05, 3.63) is 145 Å². The lowest BCUT2D eigenvalue weighted by Gasteiger charge is -2.04. The summed E-state index contributed by atoms with van der Waals surface area (Å²) in [5.74, 6) is 0. The van der Waals surface area contributed by atoms with Crippen LogP contribution in [0.3, 0.4) is 0 Å². The van der Waals surface area contributed by atoms with Crippen molar-refractivity contribution >= 4 is 0 Å². The molecule has 0 amide bonds. The number of rotatable bonds is 8. The van der Waals surface area contributed by atoms with Gasteiger partial charge in [0, 0.05) is 0 Å². The topological polar surface area (TPSA) is 0 Å². The average Bonchev–Trinajstić information content (AvgIpc) is 2.88. The van der Waals surface area contributed by atoms with Gasteiger partial charge in [0.05, 0.1) is 0 Å². The van der Waals surface area contributed by atoms with E-state index in [4.69, 9.17) is 0 Å². The monoisotopic (exact) mass is 444 g/mol. The summed E-state index contributed by atoms with van der Waals surface area (Å²) in [5.41, 5.74) is 10.5. The van der Waals surface area contributed by atoms with E-state index in [1.807, 2.05) is 12.2 Å². The number of hydrogen-bond acceptors (Lipinski definition) is 0. The third-order valence-electron chi connectivity index (χ3n) is 5.95. The second kappa shape index (κ2) is 13.2. The van der Waals surface area contributed by atoms with E-state index in [2.05, 4.69) is 124 Å². The van der Waals surface area contributed by atoms with Crippen molar-refractivity contribution in [2.24, 2.45) is 0 Å². The van der Waals surface area contributed by atoms with E-state index in [0.29, 0.717) is 0 Å². The summed E-state index contributed by atoms with van der Waals surface area (Å²) < 4.78 is 0. The molecule has 172 valence electrons. The van der Waals surface area contributed by atoms with Crippen molar-refractivity contribution in [1.82, 2.24) is 0 Å². The van der Waals surface area contributed by atoms with E-state index in [9.17, 15) is 0 Å². The van der Waals surface area contributed by atoms with Crippen LogP contribution in [0.4, 0.5) is 0 Å². The van der Waals surface area contributed by atoms with E-state index in [1.54, 1.807) is 0 Å². The van der Waals surface area contributed by atoms with Gasteiger partial charge in [-0.25, -0.2) is 0 Å². The van der Waals surface area contributed by atoms with Crippen LogP contribution in [0, 0.1) is 13.8 Å². The predicted octanol–water partition coefficient (Wildman–Crippen LogP) is 9.56. The first-order valence-electron chi connectivity index (χ1n) is 12.1. The lowest BCUT2D eigenvalue weighted by Crippen LogP contribution is -1.84. The Morgan fingerprint density at radius 3 is 0.971 bits per heavy atom. The first-order chi connectivity index (χ1) is 16.6. The Kier molecular flexibility index (Phi) is 9.67. The zero-order valence-electron chi connectivity index (χ0n) is 20.6. The van der Waals surface area contributed by atoms with Crippen LogP contribution in [-0.2, 0) is 12.8 Å². The molecule has 0 spiro atoms. The van der Waals surface area contributed by atoms with Crippen molar-refractivity contribution in [3.63, 3.8) is 0 Å². The molecular formula is C34H36. The van der Waals surface area contributed by atoms with E-state index in [1.165, 1.54) is 44.5 Å². The summed E-state index contributed by atoms with van der Waals surface area (Å²) in [5, 5.41) is 0. The summed E-state index contributed by atoms with van der Waals surface area (Å²) in [6, 6.07) is 34.9. The smallest absolute Gasteiger partial charge is 0.0184 e. The van der Waals surface area contributed by atoms with Crippen LogP contribution in [0.25, 0.3) is 22.3 Å². The van der Waals surface area contributed by atoms with E-state index in [0.717, 1.165) is 25.7 Å². The highest BCUT2D eigenvalue weighted by atomic mass is 14.0. The van der Waals surface area contributed by atoms with E-state index in [-0.39, 0.29) is 0 Å². The predicted molar refractivity (Wildman–Crippen MR) is 150 cm³/mol. The van der Waals surface area contributed by atoms with Crippen LogP contribution in [0.15, 0.2) is 122 Å². The molecule has 4 aromatic rings. The van der Waals surface area contributed by atoms with Crippen LogP contribution < -0.4 is 0 Å². The standard InChI is InChI=1S/2C17H18/c2*1-3-4-5-15-8-12-17(13-9-15)16-10-6-14(2)7-11-16/h2*3,6-13H,1,4-5H2,2H3. The normalized spacial score (nSPS) is 10.2. The zero-order chi connectivity index (χ0) is 24.2. The minimum atomic E-state index is 1.05. The van der Waals surface area contributed by atoms with Gasteiger partial charge in [0.25, 0.3) is 0 Å². The summed E-state index contributed by atoms with van der Waals surface area (Å²) in [7, 11) is 0. The molecular weight excluding hydrogens is 408 g/mol. The molecule has 0 heteroatoms. The van der Waals surface area contributed by atoms with Gasteiger partial charge in [-0.15, -0.1) is 13.2 Å². The Hall–Kier alpha value is -3.64. The summed E-state index contributed by atoms with van der Waals surface area (Å²) in [4.78, 5) is 0. The molecule has 0 N–H and O–H groups in total. The van der Waals surface area contributed by atoms with Crippen molar-refractivity contribution in [2.75, 3.05) is 0 Å². The van der Waals surface area contributed by atoms with E-state index >= 15 is 0 Å². The summed E-state index contributed by atoms with van der Waals surface area (Å²) in [6.45, 7) is 11.7. The summed E-state index contributed by atoms with van der Waals surface area (Å²) >= 11 is 0. The van der Waals surface area contributed by atoms with Crippen LogP contribution >= 0.6 is 0 Å². The molecule has 0 fully saturated rings. The molecule has 0 aromatic heterocycles. The fourth-order valence-electron chi connectivity index (χ4n) is 3.76. The van der Waals surface area contributed by atoms with Gasteiger partial charge in [0.2, 0.25) is 0 Å². The van der Waals surface area contributed by atoms with Crippen molar-refractivity contribution in [2.45, 2.75) is 39.5 Å².